The maximum absolute atomic E-state index is 5.49. The fourth-order valence-corrected chi connectivity index (χ4v) is 2.76. The number of benzene rings is 1. The minimum Gasteiger partial charge on any atom is -0.490 e. The summed E-state index contributed by atoms with van der Waals surface area (Å²) >= 11 is 0. The van der Waals surface area contributed by atoms with Crippen LogP contribution in [0.4, 0.5) is 11.6 Å². The van der Waals surface area contributed by atoms with Crippen molar-refractivity contribution in [3.63, 3.8) is 0 Å². The van der Waals surface area contributed by atoms with Gasteiger partial charge in [0.25, 0.3) is 0 Å². The Morgan fingerprint density at radius 1 is 1.14 bits per heavy atom. The lowest BCUT2D eigenvalue weighted by Gasteiger charge is -2.23. The van der Waals surface area contributed by atoms with Crippen molar-refractivity contribution in [2.24, 2.45) is 5.84 Å². The summed E-state index contributed by atoms with van der Waals surface area (Å²) < 4.78 is 5.43. The number of nitrogens with two attached hydrogens (primary N) is 1. The number of anilines is 2. The summed E-state index contributed by atoms with van der Waals surface area (Å²) in [4.78, 5) is 10.7. The maximum atomic E-state index is 5.49. The highest BCUT2D eigenvalue weighted by atomic mass is 16.5. The van der Waals surface area contributed by atoms with Crippen LogP contribution in [-0.2, 0) is 12.8 Å². The summed E-state index contributed by atoms with van der Waals surface area (Å²) in [5, 5.41) is 0. The van der Waals surface area contributed by atoms with E-state index in [1.807, 2.05) is 0 Å². The van der Waals surface area contributed by atoms with Gasteiger partial charge in [0.2, 0.25) is 5.75 Å². The number of hydrogen-bond donors (Lipinski definition) is 2. The molecule has 0 aliphatic carbocycles. The normalized spacial score (nSPS) is 14.3. The zero-order valence-electron chi connectivity index (χ0n) is 12.0. The molecule has 3 rings (SSSR count). The monoisotopic (exact) mass is 285 g/mol. The average Bonchev–Trinajstić information content (AvgIpc) is 2.76. The van der Waals surface area contributed by atoms with E-state index in [0.717, 1.165) is 31.7 Å². The van der Waals surface area contributed by atoms with Gasteiger partial charge in [-0.15, -0.1) is 0 Å². The Kier molecular flexibility index (Phi) is 3.87. The van der Waals surface area contributed by atoms with E-state index in [-0.39, 0.29) is 0 Å². The third kappa shape index (κ3) is 2.62. The van der Waals surface area contributed by atoms with Gasteiger partial charge in [0.05, 0.1) is 7.11 Å². The third-order valence-electron chi connectivity index (χ3n) is 3.85. The van der Waals surface area contributed by atoms with E-state index in [4.69, 9.17) is 10.6 Å². The van der Waals surface area contributed by atoms with Gasteiger partial charge in [0, 0.05) is 13.1 Å². The fourth-order valence-electron chi connectivity index (χ4n) is 2.76. The van der Waals surface area contributed by atoms with Crippen molar-refractivity contribution in [2.45, 2.75) is 12.8 Å². The van der Waals surface area contributed by atoms with Crippen LogP contribution in [0.5, 0.6) is 5.75 Å². The van der Waals surface area contributed by atoms with Gasteiger partial charge in [0.1, 0.15) is 6.33 Å². The minimum absolute atomic E-state index is 0.504. The number of nitrogen functional groups attached to an aromatic ring is 1. The Hall–Kier alpha value is -2.34. The topological polar surface area (TPSA) is 76.3 Å². The Morgan fingerprint density at radius 3 is 2.38 bits per heavy atom. The summed E-state index contributed by atoms with van der Waals surface area (Å²) in [6.07, 6.45) is 3.49. The van der Waals surface area contributed by atoms with Gasteiger partial charge >= 0.3 is 0 Å². The van der Waals surface area contributed by atoms with E-state index in [0.29, 0.717) is 11.6 Å². The Bertz CT molecular complexity index is 604. The molecule has 0 amide bonds. The van der Waals surface area contributed by atoms with Gasteiger partial charge in [-0.2, -0.15) is 0 Å². The van der Waals surface area contributed by atoms with E-state index >= 15 is 0 Å². The quantitative estimate of drug-likeness (QED) is 0.655. The molecule has 21 heavy (non-hydrogen) atoms. The van der Waals surface area contributed by atoms with Gasteiger partial charge < -0.3 is 15.1 Å². The molecule has 0 spiro atoms. The molecular weight excluding hydrogens is 266 g/mol. The summed E-state index contributed by atoms with van der Waals surface area (Å²) in [5.41, 5.74) is 5.37. The molecule has 0 bridgehead atoms. The predicted molar refractivity (Wildman–Crippen MR) is 82.5 cm³/mol. The molecule has 0 atom stereocenters. The van der Waals surface area contributed by atoms with Gasteiger partial charge in [-0.05, 0) is 24.0 Å². The Morgan fingerprint density at radius 2 is 1.81 bits per heavy atom. The minimum atomic E-state index is 0.504. The highest BCUT2D eigenvalue weighted by Gasteiger charge is 2.20. The van der Waals surface area contributed by atoms with Crippen LogP contribution in [0.3, 0.4) is 0 Å². The first-order valence-electron chi connectivity index (χ1n) is 7.01. The van der Waals surface area contributed by atoms with Crippen LogP contribution in [0.2, 0.25) is 0 Å². The molecule has 3 N–H and O–H groups in total. The summed E-state index contributed by atoms with van der Waals surface area (Å²) in [6.45, 7) is 1.79. The summed E-state index contributed by atoms with van der Waals surface area (Å²) in [5.74, 6) is 7.36. The zero-order chi connectivity index (χ0) is 14.7. The maximum Gasteiger partial charge on any atom is 0.205 e. The zero-order valence-corrected chi connectivity index (χ0v) is 12.0. The van der Waals surface area contributed by atoms with Crippen LogP contribution in [0.1, 0.15) is 11.1 Å². The van der Waals surface area contributed by atoms with Crippen LogP contribution < -0.4 is 20.9 Å². The van der Waals surface area contributed by atoms with Crippen molar-refractivity contribution < 1.29 is 4.74 Å². The Labute approximate surface area is 123 Å². The lowest BCUT2D eigenvalue weighted by molar-refractivity contribution is 0.412. The molecule has 1 aromatic heterocycles. The highest BCUT2D eigenvalue weighted by molar-refractivity contribution is 5.64. The third-order valence-corrected chi connectivity index (χ3v) is 3.85. The SMILES string of the molecule is COc1c(NN)ncnc1N1CCc2ccccc2CC1. The fraction of sp³-hybridized carbons (Fsp3) is 0.333. The molecular formula is C15H19N5O. The van der Waals surface area contributed by atoms with Crippen molar-refractivity contribution in [1.29, 1.82) is 0 Å². The number of rotatable bonds is 3. The van der Waals surface area contributed by atoms with Crippen molar-refractivity contribution >= 4 is 11.6 Å². The molecule has 2 aromatic rings. The number of nitrogens with one attached hydrogen (secondary N) is 1. The number of fused-ring (bicyclic) bond motifs is 1. The lowest BCUT2D eigenvalue weighted by Crippen LogP contribution is -2.28. The van der Waals surface area contributed by atoms with Crippen molar-refractivity contribution in [2.75, 3.05) is 30.5 Å². The van der Waals surface area contributed by atoms with Gasteiger partial charge in [-0.3, -0.25) is 0 Å². The first-order valence-corrected chi connectivity index (χ1v) is 7.01. The van der Waals surface area contributed by atoms with E-state index in [1.165, 1.54) is 17.5 Å². The van der Waals surface area contributed by atoms with Crippen LogP contribution in [0.15, 0.2) is 30.6 Å². The molecule has 0 radical (unpaired) electrons. The van der Waals surface area contributed by atoms with Crippen molar-refractivity contribution in [1.82, 2.24) is 9.97 Å². The van der Waals surface area contributed by atoms with Crippen LogP contribution in [-0.4, -0.2) is 30.2 Å². The van der Waals surface area contributed by atoms with Crippen LogP contribution in [0.25, 0.3) is 0 Å². The Balaban J connectivity index is 1.89. The summed E-state index contributed by atoms with van der Waals surface area (Å²) in [6, 6.07) is 8.58. The van der Waals surface area contributed by atoms with E-state index < -0.39 is 0 Å². The molecule has 6 heteroatoms. The predicted octanol–water partition coefficient (Wildman–Crippen LogP) is 1.38. The van der Waals surface area contributed by atoms with Crippen molar-refractivity contribution in [3.8, 4) is 5.75 Å². The van der Waals surface area contributed by atoms with E-state index in [9.17, 15) is 0 Å². The number of hydrogen-bond acceptors (Lipinski definition) is 6. The second-order valence-corrected chi connectivity index (χ2v) is 4.98. The number of ether oxygens (including phenoxy) is 1. The second-order valence-electron chi connectivity index (χ2n) is 4.98. The molecule has 0 saturated carbocycles. The highest BCUT2D eigenvalue weighted by Crippen LogP contribution is 2.32. The molecule has 1 aliphatic rings. The molecule has 1 aliphatic heterocycles. The van der Waals surface area contributed by atoms with Crippen LogP contribution in [0, 0.1) is 0 Å². The van der Waals surface area contributed by atoms with Crippen molar-refractivity contribution in [3.05, 3.63) is 41.7 Å². The molecule has 0 saturated heterocycles. The van der Waals surface area contributed by atoms with E-state index in [2.05, 4.69) is 44.6 Å². The molecule has 0 fully saturated rings. The smallest absolute Gasteiger partial charge is 0.205 e. The largest absolute Gasteiger partial charge is 0.490 e. The number of aromatic nitrogens is 2. The first kappa shape index (κ1) is 13.6. The molecule has 0 unspecified atom stereocenters. The standard InChI is InChI=1S/C15H19N5O/c1-21-13-14(19-16)17-10-18-15(13)20-8-6-11-4-2-3-5-12(11)7-9-20/h2-5,10H,6-9,16H2,1H3,(H,17,18,19). The molecule has 1 aromatic carbocycles. The average molecular weight is 285 g/mol. The number of hydrazine groups is 1. The first-order chi connectivity index (χ1) is 10.3. The molecule has 2 heterocycles. The van der Waals surface area contributed by atoms with Gasteiger partial charge in [0.15, 0.2) is 11.6 Å². The number of nitrogens with zero attached hydrogens (tertiary/aromatic N) is 3. The van der Waals surface area contributed by atoms with E-state index in [1.54, 1.807) is 7.11 Å². The molecule has 110 valence electrons. The lowest BCUT2D eigenvalue weighted by atomic mass is 10.0. The molecule has 6 nitrogen and oxygen atoms in total. The van der Waals surface area contributed by atoms with Crippen LogP contribution >= 0.6 is 0 Å². The second kappa shape index (κ2) is 5.97. The van der Waals surface area contributed by atoms with Gasteiger partial charge in [-0.25, -0.2) is 15.8 Å². The van der Waals surface area contributed by atoms with Gasteiger partial charge in [-0.1, -0.05) is 24.3 Å². The number of methoxy groups -OCH3 is 1. The summed E-state index contributed by atoms with van der Waals surface area (Å²) in [7, 11) is 1.61.